The number of para-hydroxylation sites is 2. The fraction of sp³-hybridized carbons (Fsp3) is 0.316. The van der Waals surface area contributed by atoms with Crippen LogP contribution in [0.2, 0.25) is 0 Å². The number of benzene rings is 2. The zero-order valence-electron chi connectivity index (χ0n) is 13.4. The van der Waals surface area contributed by atoms with E-state index in [1.165, 1.54) is 0 Å². The molecule has 2 atom stereocenters. The number of hydrogen-bond donors (Lipinski definition) is 1. The highest BCUT2D eigenvalue weighted by Gasteiger charge is 2.29. The molecule has 0 fully saturated rings. The molecule has 0 saturated carbocycles. The van der Waals surface area contributed by atoms with Gasteiger partial charge in [0.2, 0.25) is 6.10 Å². The van der Waals surface area contributed by atoms with Crippen molar-refractivity contribution < 1.29 is 14.3 Å². The molecule has 3 rings (SSSR count). The maximum Gasteiger partial charge on any atom is 0.265 e. The molecule has 0 unspecified atom stereocenters. The molecule has 120 valence electrons. The second kappa shape index (κ2) is 6.73. The number of nitrogens with one attached hydrogen (secondary N) is 1. The predicted octanol–water partition coefficient (Wildman–Crippen LogP) is 3.34. The Morgan fingerprint density at radius 1 is 1.04 bits per heavy atom. The molecule has 23 heavy (non-hydrogen) atoms. The van der Waals surface area contributed by atoms with Gasteiger partial charge in [-0.2, -0.15) is 0 Å². The van der Waals surface area contributed by atoms with Crippen LogP contribution in [0, 0.1) is 5.92 Å². The van der Waals surface area contributed by atoms with E-state index in [4.69, 9.17) is 9.47 Å². The molecule has 0 spiro atoms. The van der Waals surface area contributed by atoms with Crippen LogP contribution < -0.4 is 14.8 Å². The molecule has 1 heterocycles. The van der Waals surface area contributed by atoms with Crippen LogP contribution >= 0.6 is 0 Å². The molecule has 1 N–H and O–H groups in total. The summed E-state index contributed by atoms with van der Waals surface area (Å²) in [5, 5.41) is 3.09. The Morgan fingerprint density at radius 2 is 1.70 bits per heavy atom. The van der Waals surface area contributed by atoms with Gasteiger partial charge in [0.25, 0.3) is 5.91 Å². The highest BCUT2D eigenvalue weighted by molar-refractivity contribution is 5.82. The fourth-order valence-corrected chi connectivity index (χ4v) is 2.69. The van der Waals surface area contributed by atoms with Crippen molar-refractivity contribution in [2.75, 3.05) is 6.61 Å². The van der Waals surface area contributed by atoms with Gasteiger partial charge < -0.3 is 14.8 Å². The van der Waals surface area contributed by atoms with Gasteiger partial charge >= 0.3 is 0 Å². The van der Waals surface area contributed by atoms with Crippen molar-refractivity contribution in [2.45, 2.75) is 26.0 Å². The fourth-order valence-electron chi connectivity index (χ4n) is 2.69. The largest absolute Gasteiger partial charge is 0.485 e. The van der Waals surface area contributed by atoms with Gasteiger partial charge in [0.1, 0.15) is 6.61 Å². The molecule has 1 amide bonds. The standard InChI is InChI=1S/C19H21NO3/c1-13(2)18(14-8-4-3-5-9-14)20-19(21)17-12-22-15-10-6-7-11-16(15)23-17/h3-11,13,17-18H,12H2,1-2H3,(H,20,21)/t17-,18+/m0/s1. The molecule has 4 nitrogen and oxygen atoms in total. The number of carbonyl (C=O) groups is 1. The predicted molar refractivity (Wildman–Crippen MR) is 88.5 cm³/mol. The monoisotopic (exact) mass is 311 g/mol. The average Bonchev–Trinajstić information content (AvgIpc) is 2.59. The molecule has 0 saturated heterocycles. The lowest BCUT2D eigenvalue weighted by Gasteiger charge is -2.29. The molecule has 0 radical (unpaired) electrons. The molecule has 0 bridgehead atoms. The van der Waals surface area contributed by atoms with Crippen molar-refractivity contribution in [2.24, 2.45) is 5.92 Å². The van der Waals surface area contributed by atoms with E-state index in [-0.39, 0.29) is 24.5 Å². The van der Waals surface area contributed by atoms with Gasteiger partial charge in [-0.15, -0.1) is 0 Å². The number of amides is 1. The lowest BCUT2D eigenvalue weighted by Crippen LogP contribution is -2.46. The SMILES string of the molecule is CC(C)[C@@H](NC(=O)[C@@H]1COc2ccccc2O1)c1ccccc1. The Morgan fingerprint density at radius 3 is 2.39 bits per heavy atom. The van der Waals surface area contributed by atoms with Gasteiger partial charge in [0.15, 0.2) is 11.5 Å². The van der Waals surface area contributed by atoms with Gasteiger partial charge in [-0.05, 0) is 23.6 Å². The minimum atomic E-state index is -0.630. The molecular weight excluding hydrogens is 290 g/mol. The smallest absolute Gasteiger partial charge is 0.265 e. The number of hydrogen-bond acceptors (Lipinski definition) is 3. The Labute approximate surface area is 136 Å². The topological polar surface area (TPSA) is 47.6 Å². The highest BCUT2D eigenvalue weighted by atomic mass is 16.6. The Kier molecular flexibility index (Phi) is 4.51. The molecule has 0 aliphatic carbocycles. The summed E-state index contributed by atoms with van der Waals surface area (Å²) in [6.45, 7) is 4.40. The van der Waals surface area contributed by atoms with Crippen LogP contribution in [0.25, 0.3) is 0 Å². The molecule has 4 heteroatoms. The second-order valence-corrected chi connectivity index (χ2v) is 6.01. The summed E-state index contributed by atoms with van der Waals surface area (Å²) in [5.74, 6) is 1.42. The third-order valence-electron chi connectivity index (χ3n) is 3.92. The quantitative estimate of drug-likeness (QED) is 0.942. The normalized spacial score (nSPS) is 17.6. The lowest BCUT2D eigenvalue weighted by molar-refractivity contribution is -0.131. The first-order valence-electron chi connectivity index (χ1n) is 7.89. The van der Waals surface area contributed by atoms with E-state index < -0.39 is 6.10 Å². The number of carbonyl (C=O) groups excluding carboxylic acids is 1. The number of ether oxygens (including phenoxy) is 2. The van der Waals surface area contributed by atoms with E-state index in [1.807, 2.05) is 54.6 Å². The summed E-state index contributed by atoms with van der Waals surface area (Å²) in [6.07, 6.45) is -0.630. The van der Waals surface area contributed by atoms with Crippen molar-refractivity contribution in [3.05, 3.63) is 60.2 Å². The zero-order valence-corrected chi connectivity index (χ0v) is 13.4. The Bertz CT molecular complexity index is 669. The van der Waals surface area contributed by atoms with Crippen LogP contribution in [0.4, 0.5) is 0 Å². The first kappa shape index (κ1) is 15.4. The van der Waals surface area contributed by atoms with Crippen LogP contribution in [0.5, 0.6) is 11.5 Å². The third kappa shape index (κ3) is 3.47. The van der Waals surface area contributed by atoms with Crippen molar-refractivity contribution >= 4 is 5.91 Å². The van der Waals surface area contributed by atoms with Gasteiger partial charge in [-0.3, -0.25) is 4.79 Å². The van der Waals surface area contributed by atoms with Gasteiger partial charge in [-0.25, -0.2) is 0 Å². The van der Waals surface area contributed by atoms with E-state index in [0.29, 0.717) is 11.5 Å². The molecule has 2 aromatic rings. The minimum Gasteiger partial charge on any atom is -0.485 e. The zero-order chi connectivity index (χ0) is 16.2. The number of rotatable bonds is 4. The van der Waals surface area contributed by atoms with E-state index in [0.717, 1.165) is 5.56 Å². The first-order chi connectivity index (χ1) is 11.1. The summed E-state index contributed by atoms with van der Waals surface area (Å²) < 4.78 is 11.4. The average molecular weight is 311 g/mol. The highest BCUT2D eigenvalue weighted by Crippen LogP contribution is 2.31. The summed E-state index contributed by atoms with van der Waals surface area (Å²) in [4.78, 5) is 12.6. The minimum absolute atomic E-state index is 0.0514. The van der Waals surface area contributed by atoms with Gasteiger partial charge in [-0.1, -0.05) is 56.3 Å². The maximum atomic E-state index is 12.6. The van der Waals surface area contributed by atoms with Crippen LogP contribution in [0.1, 0.15) is 25.5 Å². The summed E-state index contributed by atoms with van der Waals surface area (Å²) in [5.41, 5.74) is 1.09. The van der Waals surface area contributed by atoms with Crippen molar-refractivity contribution in [1.29, 1.82) is 0 Å². The third-order valence-corrected chi connectivity index (χ3v) is 3.92. The second-order valence-electron chi connectivity index (χ2n) is 6.01. The number of fused-ring (bicyclic) bond motifs is 1. The van der Waals surface area contributed by atoms with E-state index >= 15 is 0 Å². The molecular formula is C19H21NO3. The summed E-state index contributed by atoms with van der Waals surface area (Å²) >= 11 is 0. The summed E-state index contributed by atoms with van der Waals surface area (Å²) in [7, 11) is 0. The molecule has 0 aromatic heterocycles. The van der Waals surface area contributed by atoms with Crippen LogP contribution in [-0.2, 0) is 4.79 Å². The molecule has 1 aliphatic rings. The van der Waals surface area contributed by atoms with Crippen LogP contribution in [-0.4, -0.2) is 18.6 Å². The Balaban J connectivity index is 1.71. The molecule has 2 aromatic carbocycles. The maximum absolute atomic E-state index is 12.6. The van der Waals surface area contributed by atoms with Crippen molar-refractivity contribution in [3.8, 4) is 11.5 Å². The van der Waals surface area contributed by atoms with Gasteiger partial charge in [0.05, 0.1) is 6.04 Å². The van der Waals surface area contributed by atoms with E-state index in [2.05, 4.69) is 19.2 Å². The lowest BCUT2D eigenvalue weighted by atomic mass is 9.96. The first-order valence-corrected chi connectivity index (χ1v) is 7.89. The van der Waals surface area contributed by atoms with Crippen molar-refractivity contribution in [1.82, 2.24) is 5.32 Å². The van der Waals surface area contributed by atoms with E-state index in [9.17, 15) is 4.79 Å². The van der Waals surface area contributed by atoms with Crippen molar-refractivity contribution in [3.63, 3.8) is 0 Å². The van der Waals surface area contributed by atoms with Gasteiger partial charge in [0, 0.05) is 0 Å². The Hall–Kier alpha value is -2.49. The van der Waals surface area contributed by atoms with Crippen LogP contribution in [0.15, 0.2) is 54.6 Å². The summed E-state index contributed by atoms with van der Waals surface area (Å²) in [6, 6.07) is 17.3. The van der Waals surface area contributed by atoms with E-state index in [1.54, 1.807) is 0 Å². The van der Waals surface area contributed by atoms with Crippen LogP contribution in [0.3, 0.4) is 0 Å². The molecule has 1 aliphatic heterocycles.